The van der Waals surface area contributed by atoms with Gasteiger partial charge in [0.05, 0.1) is 9.67 Å². The van der Waals surface area contributed by atoms with Gasteiger partial charge in [-0.2, -0.15) is 0 Å². The van der Waals surface area contributed by atoms with E-state index in [-0.39, 0.29) is 0 Å². The Labute approximate surface area is 109 Å². The molecule has 0 aliphatic carbocycles. The van der Waals surface area contributed by atoms with Gasteiger partial charge in [-0.1, -0.05) is 0 Å². The number of H-pyrrole nitrogens is 1. The number of aliphatic hydroxyl groups excluding tert-OH is 2. The maximum Gasteiger partial charge on any atom is 0.330 e. The molecule has 1 fully saturated rings. The lowest BCUT2D eigenvalue weighted by Gasteiger charge is -2.17. The average Bonchev–Trinajstić information content (AvgIpc) is 2.51. The number of aliphatic hydroxyl groups is 2. The van der Waals surface area contributed by atoms with E-state index in [0.29, 0.717) is 3.57 Å². The van der Waals surface area contributed by atoms with E-state index in [2.05, 4.69) is 4.98 Å². The maximum absolute atomic E-state index is 11.6. The standard InChI is InChI=1S/C9H11IN2O5/c1-3-5(13)6(14)8(17-3)12-2-4(10)7(15)11-9(12)16/h2-3,5-6,8,13-14H,1H3,(H,11,15,16)/t3-,5-,6-,8-/m1/s1. The van der Waals surface area contributed by atoms with Crippen molar-refractivity contribution in [1.82, 2.24) is 9.55 Å². The summed E-state index contributed by atoms with van der Waals surface area (Å²) in [5.41, 5.74) is -1.17. The second-order valence-electron chi connectivity index (χ2n) is 3.86. The Morgan fingerprint density at radius 2 is 2.06 bits per heavy atom. The zero-order valence-electron chi connectivity index (χ0n) is 8.83. The van der Waals surface area contributed by atoms with Crippen LogP contribution in [-0.2, 0) is 4.74 Å². The lowest BCUT2D eigenvalue weighted by atomic mass is 10.1. The van der Waals surface area contributed by atoms with E-state index in [9.17, 15) is 19.8 Å². The molecule has 2 heterocycles. The van der Waals surface area contributed by atoms with Crippen LogP contribution in [-0.4, -0.2) is 38.1 Å². The van der Waals surface area contributed by atoms with Crippen LogP contribution in [0.2, 0.25) is 0 Å². The Morgan fingerprint density at radius 3 is 2.59 bits per heavy atom. The lowest BCUT2D eigenvalue weighted by Crippen LogP contribution is -2.38. The topological polar surface area (TPSA) is 105 Å². The molecular formula is C9H11IN2O5. The van der Waals surface area contributed by atoms with Crippen LogP contribution in [0.1, 0.15) is 13.2 Å². The SMILES string of the molecule is C[C@H]1O[C@@H](n2cc(I)c(=O)[nH]c2=O)[C@H](O)[C@@H]1O. The predicted octanol–water partition coefficient (Wildman–Crippen LogP) is -1.22. The molecule has 1 aliphatic rings. The van der Waals surface area contributed by atoms with Crippen LogP contribution in [0.25, 0.3) is 0 Å². The molecule has 0 radical (unpaired) electrons. The Bertz CT molecular complexity index is 539. The summed E-state index contributed by atoms with van der Waals surface area (Å²) >= 11 is 1.77. The third kappa shape index (κ3) is 2.17. The summed E-state index contributed by atoms with van der Waals surface area (Å²) in [6.45, 7) is 1.59. The first kappa shape index (κ1) is 12.7. The van der Waals surface area contributed by atoms with Crippen molar-refractivity contribution in [2.45, 2.75) is 31.5 Å². The second kappa shape index (κ2) is 4.52. The zero-order valence-corrected chi connectivity index (χ0v) is 11.0. The number of hydrogen-bond acceptors (Lipinski definition) is 5. The van der Waals surface area contributed by atoms with E-state index < -0.39 is 35.8 Å². The highest BCUT2D eigenvalue weighted by molar-refractivity contribution is 14.1. The Hall–Kier alpha value is -0.710. The molecule has 1 aromatic heterocycles. The van der Waals surface area contributed by atoms with Crippen molar-refractivity contribution >= 4 is 22.6 Å². The molecule has 0 bridgehead atoms. The van der Waals surface area contributed by atoms with E-state index in [1.54, 1.807) is 29.5 Å². The van der Waals surface area contributed by atoms with Crippen LogP contribution < -0.4 is 11.2 Å². The van der Waals surface area contributed by atoms with Gasteiger partial charge in [0.15, 0.2) is 6.23 Å². The fourth-order valence-corrected chi connectivity index (χ4v) is 2.14. The molecule has 0 spiro atoms. The quantitative estimate of drug-likeness (QED) is 0.549. The van der Waals surface area contributed by atoms with Crippen molar-refractivity contribution in [2.75, 3.05) is 0 Å². The van der Waals surface area contributed by atoms with E-state index >= 15 is 0 Å². The van der Waals surface area contributed by atoms with Gasteiger partial charge in [0.2, 0.25) is 0 Å². The molecule has 2 rings (SSSR count). The van der Waals surface area contributed by atoms with Crippen LogP contribution in [0.3, 0.4) is 0 Å². The Kier molecular flexibility index (Phi) is 3.39. The van der Waals surface area contributed by atoms with Crippen molar-refractivity contribution in [1.29, 1.82) is 0 Å². The molecule has 94 valence electrons. The van der Waals surface area contributed by atoms with Crippen molar-refractivity contribution in [2.24, 2.45) is 0 Å². The number of aromatic amines is 1. The molecule has 8 heteroatoms. The normalized spacial score (nSPS) is 32.9. The molecule has 0 unspecified atom stereocenters. The third-order valence-electron chi connectivity index (χ3n) is 2.68. The molecule has 1 aliphatic heterocycles. The smallest absolute Gasteiger partial charge is 0.330 e. The molecule has 3 N–H and O–H groups in total. The van der Waals surface area contributed by atoms with Gasteiger partial charge in [-0.05, 0) is 29.5 Å². The van der Waals surface area contributed by atoms with Gasteiger partial charge in [-0.3, -0.25) is 14.3 Å². The highest BCUT2D eigenvalue weighted by atomic mass is 127. The van der Waals surface area contributed by atoms with Crippen molar-refractivity contribution in [3.8, 4) is 0 Å². The van der Waals surface area contributed by atoms with Crippen LogP contribution >= 0.6 is 22.6 Å². The summed E-state index contributed by atoms with van der Waals surface area (Å²) in [4.78, 5) is 24.9. The summed E-state index contributed by atoms with van der Waals surface area (Å²) in [6, 6.07) is 0. The summed E-state index contributed by atoms with van der Waals surface area (Å²) < 4.78 is 6.65. The number of hydrogen-bond donors (Lipinski definition) is 3. The fourth-order valence-electron chi connectivity index (χ4n) is 1.71. The molecule has 1 saturated heterocycles. The van der Waals surface area contributed by atoms with Crippen LogP contribution in [0.4, 0.5) is 0 Å². The molecule has 0 amide bonds. The molecule has 4 atom stereocenters. The fraction of sp³-hybridized carbons (Fsp3) is 0.556. The lowest BCUT2D eigenvalue weighted by molar-refractivity contribution is -0.0352. The number of halogens is 1. The van der Waals surface area contributed by atoms with Gasteiger partial charge in [0.25, 0.3) is 5.56 Å². The van der Waals surface area contributed by atoms with Crippen molar-refractivity contribution in [3.63, 3.8) is 0 Å². The minimum Gasteiger partial charge on any atom is -0.388 e. The van der Waals surface area contributed by atoms with Gasteiger partial charge in [-0.15, -0.1) is 0 Å². The number of ether oxygens (including phenoxy) is 1. The van der Waals surface area contributed by atoms with Gasteiger partial charge in [-0.25, -0.2) is 4.79 Å². The molecule has 1 aromatic rings. The molecule has 17 heavy (non-hydrogen) atoms. The molecular weight excluding hydrogens is 343 g/mol. The highest BCUT2D eigenvalue weighted by Crippen LogP contribution is 2.27. The molecule has 0 aromatic carbocycles. The maximum atomic E-state index is 11.6. The van der Waals surface area contributed by atoms with Gasteiger partial charge in [0, 0.05) is 6.20 Å². The monoisotopic (exact) mass is 354 g/mol. The Morgan fingerprint density at radius 1 is 1.41 bits per heavy atom. The minimum absolute atomic E-state index is 0.298. The first-order chi connectivity index (χ1) is 7.91. The van der Waals surface area contributed by atoms with Crippen LogP contribution in [0.5, 0.6) is 0 Å². The largest absolute Gasteiger partial charge is 0.388 e. The predicted molar refractivity (Wildman–Crippen MR) is 65.6 cm³/mol. The van der Waals surface area contributed by atoms with Crippen molar-refractivity contribution < 1.29 is 14.9 Å². The summed E-state index contributed by atoms with van der Waals surface area (Å²) in [5, 5.41) is 19.3. The van der Waals surface area contributed by atoms with Crippen LogP contribution in [0.15, 0.2) is 15.8 Å². The third-order valence-corrected chi connectivity index (χ3v) is 3.44. The second-order valence-corrected chi connectivity index (χ2v) is 5.02. The van der Waals surface area contributed by atoms with Crippen molar-refractivity contribution in [3.05, 3.63) is 30.6 Å². The zero-order chi connectivity index (χ0) is 12.7. The van der Waals surface area contributed by atoms with Crippen LogP contribution in [0, 0.1) is 3.57 Å². The summed E-state index contributed by atoms with van der Waals surface area (Å²) in [6.07, 6.45) is -2.54. The van der Waals surface area contributed by atoms with E-state index in [0.717, 1.165) is 4.57 Å². The van der Waals surface area contributed by atoms with E-state index in [4.69, 9.17) is 4.74 Å². The Balaban J connectivity index is 2.46. The first-order valence-corrected chi connectivity index (χ1v) is 6.02. The van der Waals surface area contributed by atoms with E-state index in [1.807, 2.05) is 0 Å². The van der Waals surface area contributed by atoms with Gasteiger partial charge in [0.1, 0.15) is 12.2 Å². The number of nitrogens with one attached hydrogen (secondary N) is 1. The summed E-state index contributed by atoms with van der Waals surface area (Å²) in [5.74, 6) is 0. The number of aromatic nitrogens is 2. The molecule has 7 nitrogen and oxygen atoms in total. The van der Waals surface area contributed by atoms with E-state index in [1.165, 1.54) is 6.20 Å². The number of rotatable bonds is 1. The average molecular weight is 354 g/mol. The first-order valence-electron chi connectivity index (χ1n) is 4.94. The molecule has 0 saturated carbocycles. The minimum atomic E-state index is -1.20. The number of nitrogens with zero attached hydrogens (tertiary/aromatic N) is 1. The van der Waals surface area contributed by atoms with Gasteiger partial charge < -0.3 is 14.9 Å². The highest BCUT2D eigenvalue weighted by Gasteiger charge is 2.41. The van der Waals surface area contributed by atoms with Gasteiger partial charge >= 0.3 is 5.69 Å². The summed E-state index contributed by atoms with van der Waals surface area (Å²) in [7, 11) is 0.